The number of allylic oxidation sites excluding steroid dienone is 1. The van der Waals surface area contributed by atoms with Crippen LogP contribution in [0.3, 0.4) is 0 Å². The summed E-state index contributed by atoms with van der Waals surface area (Å²) in [5, 5.41) is 8.39. The topological polar surface area (TPSA) is 51.5 Å². The first-order valence-electron chi connectivity index (χ1n) is 6.97. The second-order valence-electron chi connectivity index (χ2n) is 5.00. The maximum Gasteiger partial charge on any atom is 0.387 e. The highest BCUT2D eigenvalue weighted by Crippen LogP contribution is 2.39. The van der Waals surface area contributed by atoms with Crippen LogP contribution in [-0.4, -0.2) is 33.1 Å². The van der Waals surface area contributed by atoms with Crippen LogP contribution in [0.5, 0.6) is 5.75 Å². The monoisotopic (exact) mass is 311 g/mol. The number of alkyl halides is 2. The molecule has 1 aliphatic carbocycles. The molecule has 22 heavy (non-hydrogen) atoms. The van der Waals surface area contributed by atoms with Crippen molar-refractivity contribution in [3.63, 3.8) is 0 Å². The number of nitrogens with one attached hydrogen (secondary N) is 1. The van der Waals surface area contributed by atoms with E-state index in [0.29, 0.717) is 16.9 Å². The lowest BCUT2D eigenvalue weighted by Gasteiger charge is -2.17. The molecular weight excluding hydrogens is 292 g/mol. The van der Waals surface area contributed by atoms with Gasteiger partial charge in [0.1, 0.15) is 11.5 Å². The summed E-state index contributed by atoms with van der Waals surface area (Å²) in [5.41, 5.74) is 0.949. The van der Waals surface area contributed by atoms with Crippen LogP contribution in [0.4, 0.5) is 8.78 Å². The molecule has 0 heterocycles. The zero-order valence-corrected chi connectivity index (χ0v) is 12.6. The molecule has 1 saturated carbocycles. The molecule has 0 saturated heterocycles. The quantitative estimate of drug-likeness (QED) is 0.589. The summed E-state index contributed by atoms with van der Waals surface area (Å²) in [4.78, 5) is 0. The Labute approximate surface area is 128 Å². The van der Waals surface area contributed by atoms with Gasteiger partial charge in [-0.1, -0.05) is 12.1 Å². The van der Waals surface area contributed by atoms with Crippen molar-refractivity contribution in [3.05, 3.63) is 41.2 Å². The second kappa shape index (κ2) is 7.35. The van der Waals surface area contributed by atoms with E-state index in [-0.39, 0.29) is 24.0 Å². The summed E-state index contributed by atoms with van der Waals surface area (Å²) >= 11 is 0. The smallest absolute Gasteiger partial charge is 0.387 e. The molecule has 0 unspecified atom stereocenters. The summed E-state index contributed by atoms with van der Waals surface area (Å²) in [6.45, 7) is -2.75. The molecule has 4 nitrogen and oxygen atoms in total. The third kappa shape index (κ3) is 3.82. The summed E-state index contributed by atoms with van der Waals surface area (Å²) < 4.78 is 40.1. The number of rotatable bonds is 8. The Kier molecular flexibility index (Phi) is 5.49. The molecular formula is C16H19F2NO3. The minimum absolute atomic E-state index is 0.0256. The van der Waals surface area contributed by atoms with E-state index in [4.69, 9.17) is 14.9 Å². The van der Waals surface area contributed by atoms with Gasteiger partial charge in [0.2, 0.25) is 0 Å². The van der Waals surface area contributed by atoms with Crippen LogP contribution in [-0.2, 0) is 9.47 Å². The minimum atomic E-state index is -2.94. The first-order valence-corrected chi connectivity index (χ1v) is 6.97. The highest BCUT2D eigenvalue weighted by Gasteiger charge is 2.31. The van der Waals surface area contributed by atoms with Crippen molar-refractivity contribution >= 4 is 5.71 Å². The van der Waals surface area contributed by atoms with Crippen molar-refractivity contribution in [2.45, 2.75) is 19.5 Å². The van der Waals surface area contributed by atoms with Gasteiger partial charge in [0.25, 0.3) is 0 Å². The average Bonchev–Trinajstić information content (AvgIpc) is 3.31. The fourth-order valence-corrected chi connectivity index (χ4v) is 2.33. The van der Waals surface area contributed by atoms with Gasteiger partial charge in [0.05, 0.1) is 19.4 Å². The first kappa shape index (κ1) is 16.4. The van der Waals surface area contributed by atoms with E-state index in [9.17, 15) is 8.78 Å². The number of hydrogen-bond donors (Lipinski definition) is 1. The number of benzene rings is 1. The highest BCUT2D eigenvalue weighted by atomic mass is 19.3. The van der Waals surface area contributed by atoms with E-state index >= 15 is 0 Å². The van der Waals surface area contributed by atoms with E-state index < -0.39 is 6.61 Å². The standard InChI is InChI=1S/C16H19F2NO3/c1-20-9-12(15(21-2)10-7-8-10)14(19)11-5-3-4-6-13(11)22-16(17)18/h3-6,10,16,19H,7-9H2,1-2H3/b15-12-,19-14?. The molecule has 0 radical (unpaired) electrons. The zero-order chi connectivity index (χ0) is 16.1. The normalized spacial score (nSPS) is 15.5. The molecule has 120 valence electrons. The summed E-state index contributed by atoms with van der Waals surface area (Å²) in [5.74, 6) is 0.944. The Morgan fingerprint density at radius 2 is 1.95 bits per heavy atom. The molecule has 0 aliphatic heterocycles. The lowest BCUT2D eigenvalue weighted by Crippen LogP contribution is -2.16. The fourth-order valence-electron chi connectivity index (χ4n) is 2.33. The van der Waals surface area contributed by atoms with Gasteiger partial charge in [-0.2, -0.15) is 8.78 Å². The predicted molar refractivity (Wildman–Crippen MR) is 78.5 cm³/mol. The van der Waals surface area contributed by atoms with Crippen LogP contribution >= 0.6 is 0 Å². The van der Waals surface area contributed by atoms with E-state index in [0.717, 1.165) is 12.8 Å². The molecule has 1 N–H and O–H groups in total. The SMILES string of the molecule is COC/C(C(=N)c1ccccc1OC(F)F)=C(/OC)C1CC1. The van der Waals surface area contributed by atoms with Gasteiger partial charge in [0, 0.05) is 24.2 Å². The number of ether oxygens (including phenoxy) is 3. The lowest BCUT2D eigenvalue weighted by molar-refractivity contribution is -0.0499. The van der Waals surface area contributed by atoms with Crippen LogP contribution in [0.25, 0.3) is 0 Å². The molecule has 0 bridgehead atoms. The molecule has 1 aliphatic rings. The van der Waals surface area contributed by atoms with E-state index in [1.807, 2.05) is 0 Å². The van der Waals surface area contributed by atoms with E-state index in [1.165, 1.54) is 13.2 Å². The van der Waals surface area contributed by atoms with E-state index in [2.05, 4.69) is 4.74 Å². The fraction of sp³-hybridized carbons (Fsp3) is 0.438. The molecule has 0 atom stereocenters. The number of para-hydroxylation sites is 1. The third-order valence-corrected chi connectivity index (χ3v) is 3.43. The van der Waals surface area contributed by atoms with Gasteiger partial charge in [-0.25, -0.2) is 0 Å². The van der Waals surface area contributed by atoms with E-state index in [1.54, 1.807) is 25.3 Å². The molecule has 0 aromatic heterocycles. The van der Waals surface area contributed by atoms with Crippen molar-refractivity contribution in [1.82, 2.24) is 0 Å². The average molecular weight is 311 g/mol. The predicted octanol–water partition coefficient (Wildman–Crippen LogP) is 3.61. The summed E-state index contributed by atoms with van der Waals surface area (Å²) in [6.07, 6.45) is 2.00. The van der Waals surface area contributed by atoms with Gasteiger partial charge in [-0.05, 0) is 25.0 Å². The van der Waals surface area contributed by atoms with Gasteiger partial charge in [-0.3, -0.25) is 5.41 Å². The Hall–Kier alpha value is -1.95. The Bertz CT molecular complexity index is 568. The second-order valence-corrected chi connectivity index (χ2v) is 5.00. The summed E-state index contributed by atoms with van der Waals surface area (Å²) in [7, 11) is 3.08. The Balaban J connectivity index is 2.39. The molecule has 1 aromatic rings. The first-order chi connectivity index (χ1) is 10.6. The zero-order valence-electron chi connectivity index (χ0n) is 12.6. The van der Waals surface area contributed by atoms with Gasteiger partial charge in [-0.15, -0.1) is 0 Å². The Morgan fingerprint density at radius 3 is 2.50 bits per heavy atom. The van der Waals surface area contributed by atoms with Crippen LogP contribution in [0.2, 0.25) is 0 Å². The number of halogens is 2. The molecule has 1 fully saturated rings. The minimum Gasteiger partial charge on any atom is -0.500 e. The lowest BCUT2D eigenvalue weighted by atomic mass is 9.99. The van der Waals surface area contributed by atoms with Crippen molar-refractivity contribution in [2.75, 3.05) is 20.8 Å². The van der Waals surface area contributed by atoms with Crippen LogP contribution in [0, 0.1) is 11.3 Å². The maximum atomic E-state index is 12.5. The highest BCUT2D eigenvalue weighted by molar-refractivity contribution is 6.12. The number of hydrogen-bond acceptors (Lipinski definition) is 4. The van der Waals surface area contributed by atoms with Crippen molar-refractivity contribution in [2.24, 2.45) is 5.92 Å². The maximum absolute atomic E-state index is 12.5. The van der Waals surface area contributed by atoms with Gasteiger partial charge < -0.3 is 14.2 Å². The van der Waals surface area contributed by atoms with Gasteiger partial charge >= 0.3 is 6.61 Å². The van der Waals surface area contributed by atoms with Crippen LogP contribution < -0.4 is 4.74 Å². The van der Waals surface area contributed by atoms with Crippen molar-refractivity contribution < 1.29 is 23.0 Å². The van der Waals surface area contributed by atoms with Gasteiger partial charge in [0.15, 0.2) is 0 Å². The molecule has 0 spiro atoms. The molecule has 1 aromatic carbocycles. The van der Waals surface area contributed by atoms with Crippen molar-refractivity contribution in [3.8, 4) is 5.75 Å². The molecule has 0 amide bonds. The largest absolute Gasteiger partial charge is 0.500 e. The van der Waals surface area contributed by atoms with Crippen molar-refractivity contribution in [1.29, 1.82) is 5.41 Å². The van der Waals surface area contributed by atoms with Crippen LogP contribution in [0.1, 0.15) is 18.4 Å². The molecule has 2 rings (SSSR count). The van der Waals surface area contributed by atoms with Crippen LogP contribution in [0.15, 0.2) is 35.6 Å². The Morgan fingerprint density at radius 1 is 1.27 bits per heavy atom. The third-order valence-electron chi connectivity index (χ3n) is 3.43. The number of methoxy groups -OCH3 is 2. The molecule has 6 heteroatoms. The summed E-state index contributed by atoms with van der Waals surface area (Å²) in [6, 6.07) is 6.27.